The molecule has 2 heterocycles. The SMILES string of the molecule is CC1(C)SC2(CCCCC2)N(C(=O)CSC(=S)N2CCCCC2)C1C(=O)Nc1ccc(Cl)cc1. The number of hydrogen-bond donors (Lipinski definition) is 1. The molecule has 186 valence electrons. The van der Waals surface area contributed by atoms with E-state index < -0.39 is 10.8 Å². The van der Waals surface area contributed by atoms with Gasteiger partial charge in [0.1, 0.15) is 10.4 Å². The number of nitrogens with zero attached hydrogens (tertiary/aromatic N) is 2. The number of halogens is 1. The van der Waals surface area contributed by atoms with Gasteiger partial charge in [-0.25, -0.2) is 0 Å². The highest BCUT2D eigenvalue weighted by molar-refractivity contribution is 8.23. The van der Waals surface area contributed by atoms with E-state index in [0.29, 0.717) is 10.7 Å². The second kappa shape index (κ2) is 11.0. The van der Waals surface area contributed by atoms with Crippen molar-refractivity contribution in [1.82, 2.24) is 9.80 Å². The lowest BCUT2D eigenvalue weighted by Gasteiger charge is -2.42. The standard InChI is InChI=1S/C25H34ClN3O2S3/c1-24(2)21(22(31)27-19-11-9-18(26)10-12-19)29(25(34-24)13-5-3-6-14-25)20(30)17-33-23(32)28-15-7-4-8-16-28/h9-12,21H,3-8,13-17H2,1-2H3,(H,27,31). The van der Waals surface area contributed by atoms with Crippen LogP contribution < -0.4 is 5.32 Å². The highest BCUT2D eigenvalue weighted by Crippen LogP contribution is 2.57. The molecular formula is C25H34ClN3O2S3. The first kappa shape index (κ1) is 26.1. The van der Waals surface area contributed by atoms with Gasteiger partial charge in [0.2, 0.25) is 11.8 Å². The largest absolute Gasteiger partial charge is 0.358 e. The van der Waals surface area contributed by atoms with E-state index in [-0.39, 0.29) is 22.4 Å². The van der Waals surface area contributed by atoms with Gasteiger partial charge in [-0.2, -0.15) is 0 Å². The maximum absolute atomic E-state index is 13.8. The fourth-order valence-corrected chi connectivity index (χ4v) is 8.84. The second-order valence-electron chi connectivity index (χ2n) is 9.98. The number of rotatable bonds is 4. The number of amides is 2. The molecule has 0 radical (unpaired) electrons. The van der Waals surface area contributed by atoms with Crippen LogP contribution in [0.25, 0.3) is 0 Å². The number of thiocarbonyl (C=S) groups is 1. The van der Waals surface area contributed by atoms with Gasteiger partial charge in [0, 0.05) is 28.5 Å². The molecule has 1 saturated carbocycles. The Balaban J connectivity index is 1.54. The zero-order valence-corrected chi connectivity index (χ0v) is 23.2. The predicted octanol–water partition coefficient (Wildman–Crippen LogP) is 6.17. The molecule has 0 bridgehead atoms. The molecular weight excluding hydrogens is 506 g/mol. The molecule has 1 unspecified atom stereocenters. The van der Waals surface area contributed by atoms with E-state index in [1.165, 1.54) is 24.6 Å². The lowest BCUT2D eigenvalue weighted by Crippen LogP contribution is -2.57. The molecule has 1 aromatic carbocycles. The molecule has 1 atom stereocenters. The lowest BCUT2D eigenvalue weighted by atomic mass is 9.90. The van der Waals surface area contributed by atoms with Crippen molar-refractivity contribution in [1.29, 1.82) is 0 Å². The molecule has 1 aliphatic carbocycles. The summed E-state index contributed by atoms with van der Waals surface area (Å²) < 4.78 is 0.403. The number of thioether (sulfide) groups is 2. The van der Waals surface area contributed by atoms with E-state index >= 15 is 0 Å². The molecule has 34 heavy (non-hydrogen) atoms. The Labute approximate surface area is 222 Å². The summed E-state index contributed by atoms with van der Waals surface area (Å²) >= 11 is 14.9. The molecule has 1 aromatic rings. The zero-order chi connectivity index (χ0) is 24.3. The minimum absolute atomic E-state index is 0.0144. The quantitative estimate of drug-likeness (QED) is 0.462. The van der Waals surface area contributed by atoms with Gasteiger partial charge < -0.3 is 15.1 Å². The van der Waals surface area contributed by atoms with Crippen LogP contribution in [0.3, 0.4) is 0 Å². The van der Waals surface area contributed by atoms with Crippen molar-refractivity contribution in [2.45, 2.75) is 80.9 Å². The Bertz CT molecular complexity index is 912. The Hall–Kier alpha value is -0.960. The lowest BCUT2D eigenvalue weighted by molar-refractivity contribution is -0.140. The van der Waals surface area contributed by atoms with Gasteiger partial charge in [-0.15, -0.1) is 11.8 Å². The Morgan fingerprint density at radius 2 is 1.71 bits per heavy atom. The number of carbonyl (C=O) groups excluding carboxylic acids is 2. The number of hydrogen-bond acceptors (Lipinski definition) is 5. The van der Waals surface area contributed by atoms with Crippen molar-refractivity contribution in [3.8, 4) is 0 Å². The Morgan fingerprint density at radius 3 is 2.35 bits per heavy atom. The smallest absolute Gasteiger partial charge is 0.248 e. The van der Waals surface area contributed by atoms with Gasteiger partial charge in [0.05, 0.1) is 10.6 Å². The van der Waals surface area contributed by atoms with Crippen molar-refractivity contribution in [3.05, 3.63) is 29.3 Å². The molecule has 3 fully saturated rings. The second-order valence-corrected chi connectivity index (χ2v) is 14.0. The van der Waals surface area contributed by atoms with E-state index in [0.717, 1.165) is 55.9 Å². The third-order valence-electron chi connectivity index (χ3n) is 7.01. The third-order valence-corrected chi connectivity index (χ3v) is 10.5. The monoisotopic (exact) mass is 539 g/mol. The van der Waals surface area contributed by atoms with Crippen molar-refractivity contribution >= 4 is 69.2 Å². The van der Waals surface area contributed by atoms with E-state index in [4.69, 9.17) is 23.8 Å². The molecule has 2 saturated heterocycles. The van der Waals surface area contributed by atoms with Crippen LogP contribution in [-0.4, -0.2) is 60.4 Å². The van der Waals surface area contributed by atoms with Crippen molar-refractivity contribution in [2.75, 3.05) is 24.2 Å². The Kier molecular flexibility index (Phi) is 8.43. The van der Waals surface area contributed by atoms with Crippen LogP contribution in [-0.2, 0) is 9.59 Å². The number of piperidine rings is 1. The molecule has 2 amide bonds. The number of benzene rings is 1. The summed E-state index contributed by atoms with van der Waals surface area (Å²) in [6, 6.07) is 6.56. The predicted molar refractivity (Wildman–Crippen MR) is 149 cm³/mol. The summed E-state index contributed by atoms with van der Waals surface area (Å²) in [5, 5.41) is 3.66. The summed E-state index contributed by atoms with van der Waals surface area (Å²) in [5.74, 6) is 0.151. The third kappa shape index (κ3) is 5.71. The molecule has 0 aromatic heterocycles. The number of carbonyl (C=O) groups is 2. The van der Waals surface area contributed by atoms with E-state index in [1.807, 2.05) is 16.7 Å². The van der Waals surface area contributed by atoms with Crippen molar-refractivity contribution in [3.63, 3.8) is 0 Å². The van der Waals surface area contributed by atoms with Crippen LogP contribution in [0.2, 0.25) is 5.02 Å². The normalized spacial score (nSPS) is 23.7. The minimum atomic E-state index is -0.553. The molecule has 5 nitrogen and oxygen atoms in total. The summed E-state index contributed by atoms with van der Waals surface area (Å²) in [7, 11) is 0. The van der Waals surface area contributed by atoms with Crippen LogP contribution in [0, 0.1) is 0 Å². The van der Waals surface area contributed by atoms with Crippen LogP contribution in [0.5, 0.6) is 0 Å². The number of likely N-dealkylation sites (tertiary alicyclic amines) is 1. The first-order chi connectivity index (χ1) is 16.2. The van der Waals surface area contributed by atoms with Gasteiger partial charge >= 0.3 is 0 Å². The zero-order valence-electron chi connectivity index (χ0n) is 20.0. The minimum Gasteiger partial charge on any atom is -0.358 e. The first-order valence-corrected chi connectivity index (χ1v) is 14.8. The Morgan fingerprint density at radius 1 is 1.09 bits per heavy atom. The molecule has 4 rings (SSSR count). The van der Waals surface area contributed by atoms with E-state index in [9.17, 15) is 9.59 Å². The van der Waals surface area contributed by atoms with Crippen molar-refractivity contribution < 1.29 is 9.59 Å². The number of nitrogens with one attached hydrogen (secondary N) is 1. The fraction of sp³-hybridized carbons (Fsp3) is 0.640. The average Bonchev–Trinajstić information content (AvgIpc) is 3.05. The maximum atomic E-state index is 13.8. The summed E-state index contributed by atoms with van der Waals surface area (Å²) in [4.78, 5) is 31.3. The summed E-state index contributed by atoms with van der Waals surface area (Å²) in [6.07, 6.45) is 8.76. The fourth-order valence-electron chi connectivity index (χ4n) is 5.50. The van der Waals surface area contributed by atoms with Gasteiger partial charge in [-0.05, 0) is 70.2 Å². The molecule has 3 aliphatic rings. The first-order valence-electron chi connectivity index (χ1n) is 12.2. The van der Waals surface area contributed by atoms with Gasteiger partial charge in [-0.3, -0.25) is 9.59 Å². The van der Waals surface area contributed by atoms with Gasteiger partial charge in [0.15, 0.2) is 0 Å². The van der Waals surface area contributed by atoms with E-state index in [2.05, 4.69) is 24.1 Å². The van der Waals surface area contributed by atoms with Gasteiger partial charge in [0.25, 0.3) is 0 Å². The van der Waals surface area contributed by atoms with Crippen LogP contribution in [0.4, 0.5) is 5.69 Å². The number of anilines is 1. The molecule has 9 heteroatoms. The molecule has 2 aliphatic heterocycles. The summed E-state index contributed by atoms with van der Waals surface area (Å²) in [5.41, 5.74) is 0.688. The van der Waals surface area contributed by atoms with Crippen LogP contribution in [0.1, 0.15) is 65.2 Å². The van der Waals surface area contributed by atoms with E-state index in [1.54, 1.807) is 24.3 Å². The van der Waals surface area contributed by atoms with Crippen molar-refractivity contribution in [2.24, 2.45) is 0 Å². The highest BCUT2D eigenvalue weighted by atomic mass is 35.5. The maximum Gasteiger partial charge on any atom is 0.248 e. The average molecular weight is 540 g/mol. The van der Waals surface area contributed by atoms with Crippen LogP contribution in [0.15, 0.2) is 24.3 Å². The van der Waals surface area contributed by atoms with Gasteiger partial charge in [-0.1, -0.05) is 54.8 Å². The highest BCUT2D eigenvalue weighted by Gasteiger charge is 2.60. The topological polar surface area (TPSA) is 52.7 Å². The van der Waals surface area contributed by atoms with Crippen LogP contribution >= 0.6 is 47.3 Å². The molecule has 1 spiro atoms. The summed E-state index contributed by atoms with van der Waals surface area (Å²) in [6.45, 7) is 6.14. The molecule has 1 N–H and O–H groups in total.